The molecule has 94 valence electrons. The Labute approximate surface area is 100 Å². The third-order valence-electron chi connectivity index (χ3n) is 3.12. The number of rotatable bonds is 3. The fourth-order valence-corrected chi connectivity index (χ4v) is 2.14. The van der Waals surface area contributed by atoms with Crippen LogP contribution in [0.25, 0.3) is 0 Å². The average molecular weight is 238 g/mol. The first kappa shape index (κ1) is 12.1. The molecule has 0 saturated carbocycles. The second kappa shape index (κ2) is 4.87. The van der Waals surface area contributed by atoms with Crippen molar-refractivity contribution >= 4 is 5.97 Å². The maximum absolute atomic E-state index is 11.2. The third-order valence-corrected chi connectivity index (χ3v) is 3.12. The lowest BCUT2D eigenvalue weighted by atomic mass is 9.91. The van der Waals surface area contributed by atoms with Crippen LogP contribution in [0.2, 0.25) is 0 Å². The van der Waals surface area contributed by atoms with Gasteiger partial charge in [-0.25, -0.2) is 0 Å². The summed E-state index contributed by atoms with van der Waals surface area (Å²) in [6.07, 6.45) is 4.73. The molecule has 1 aromatic rings. The fraction of sp³-hybridized carbons (Fsp3) is 0.667. The van der Waals surface area contributed by atoms with Gasteiger partial charge in [0.2, 0.25) is 0 Å². The van der Waals surface area contributed by atoms with E-state index in [2.05, 4.69) is 5.10 Å². The van der Waals surface area contributed by atoms with E-state index in [1.165, 1.54) is 0 Å². The smallest absolute Gasteiger partial charge is 0.309 e. The van der Waals surface area contributed by atoms with Crippen molar-refractivity contribution in [2.24, 2.45) is 5.92 Å². The Morgan fingerprint density at radius 1 is 1.65 bits per heavy atom. The molecule has 2 unspecified atom stereocenters. The van der Waals surface area contributed by atoms with Gasteiger partial charge in [0, 0.05) is 24.4 Å². The van der Waals surface area contributed by atoms with Gasteiger partial charge in [-0.15, -0.1) is 0 Å². The second-order valence-electron chi connectivity index (χ2n) is 4.73. The fourth-order valence-electron chi connectivity index (χ4n) is 2.14. The number of carboxylic acids is 1. The molecule has 2 rings (SSSR count). The lowest BCUT2D eigenvalue weighted by Gasteiger charge is -2.28. The van der Waals surface area contributed by atoms with E-state index in [-0.39, 0.29) is 12.1 Å². The molecule has 0 aliphatic carbocycles. The highest BCUT2D eigenvalue weighted by Gasteiger charge is 2.33. The van der Waals surface area contributed by atoms with Gasteiger partial charge in [-0.2, -0.15) is 5.10 Å². The van der Waals surface area contributed by atoms with E-state index in [1.807, 2.05) is 24.7 Å². The van der Waals surface area contributed by atoms with E-state index in [4.69, 9.17) is 4.74 Å². The van der Waals surface area contributed by atoms with Crippen LogP contribution < -0.4 is 0 Å². The summed E-state index contributed by atoms with van der Waals surface area (Å²) in [6, 6.07) is 0.274. The van der Waals surface area contributed by atoms with Crippen LogP contribution >= 0.6 is 0 Å². The maximum atomic E-state index is 11.2. The van der Waals surface area contributed by atoms with Crippen LogP contribution in [0.1, 0.15) is 44.4 Å². The number of hydrogen-bond donors (Lipinski definition) is 1. The minimum atomic E-state index is -0.785. The van der Waals surface area contributed by atoms with E-state index in [9.17, 15) is 9.90 Å². The summed E-state index contributed by atoms with van der Waals surface area (Å²) in [5.74, 6) is -1.24. The van der Waals surface area contributed by atoms with E-state index >= 15 is 0 Å². The lowest BCUT2D eigenvalue weighted by Crippen LogP contribution is -2.28. The molecule has 2 atom stereocenters. The second-order valence-corrected chi connectivity index (χ2v) is 4.73. The Morgan fingerprint density at radius 3 is 3.00 bits per heavy atom. The zero-order valence-electron chi connectivity index (χ0n) is 10.2. The van der Waals surface area contributed by atoms with Gasteiger partial charge in [0.15, 0.2) is 0 Å². The highest BCUT2D eigenvalue weighted by atomic mass is 16.5. The summed E-state index contributed by atoms with van der Waals surface area (Å²) in [4.78, 5) is 11.2. The van der Waals surface area contributed by atoms with Crippen LogP contribution in [0.3, 0.4) is 0 Å². The van der Waals surface area contributed by atoms with Crippen LogP contribution in [0.15, 0.2) is 12.4 Å². The van der Waals surface area contributed by atoms with Gasteiger partial charge < -0.3 is 9.84 Å². The van der Waals surface area contributed by atoms with Crippen molar-refractivity contribution in [1.29, 1.82) is 0 Å². The Hall–Kier alpha value is -1.36. The Bertz CT molecular complexity index is 400. The van der Waals surface area contributed by atoms with Gasteiger partial charge in [0.25, 0.3) is 0 Å². The van der Waals surface area contributed by atoms with Gasteiger partial charge in [-0.1, -0.05) is 0 Å². The van der Waals surface area contributed by atoms with Crippen LogP contribution in [0.5, 0.6) is 0 Å². The van der Waals surface area contributed by atoms with Crippen molar-refractivity contribution in [2.75, 3.05) is 6.61 Å². The summed E-state index contributed by atoms with van der Waals surface area (Å²) in [5.41, 5.74) is 0.866. The molecule has 1 saturated heterocycles. The SMILES string of the molecule is CC(C)n1cc(C2OCCCC2C(=O)O)cn1. The molecule has 1 N–H and O–H groups in total. The van der Waals surface area contributed by atoms with Gasteiger partial charge in [-0.05, 0) is 26.7 Å². The van der Waals surface area contributed by atoms with Crippen LogP contribution in [0.4, 0.5) is 0 Å². The molecule has 0 aromatic carbocycles. The normalized spacial score (nSPS) is 25.1. The number of ether oxygens (including phenoxy) is 1. The Balaban J connectivity index is 2.20. The molecule has 0 bridgehead atoms. The lowest BCUT2D eigenvalue weighted by molar-refractivity contribution is -0.151. The maximum Gasteiger partial charge on any atom is 0.309 e. The first-order valence-corrected chi connectivity index (χ1v) is 5.98. The first-order valence-electron chi connectivity index (χ1n) is 5.98. The molecule has 1 aliphatic heterocycles. The first-order chi connectivity index (χ1) is 8.09. The van der Waals surface area contributed by atoms with E-state index in [1.54, 1.807) is 6.20 Å². The standard InChI is InChI=1S/C12H18N2O3/c1-8(2)14-7-9(6-13-14)11-10(12(15)16)4-3-5-17-11/h6-8,10-11H,3-5H2,1-2H3,(H,15,16). The molecule has 5 heteroatoms. The number of aliphatic carboxylic acids is 1. The summed E-state index contributed by atoms with van der Waals surface area (Å²) in [7, 11) is 0. The van der Waals surface area contributed by atoms with Crippen molar-refractivity contribution in [1.82, 2.24) is 9.78 Å². The molecule has 0 amide bonds. The van der Waals surface area contributed by atoms with Crippen molar-refractivity contribution in [3.8, 4) is 0 Å². The van der Waals surface area contributed by atoms with Crippen molar-refractivity contribution < 1.29 is 14.6 Å². The van der Waals surface area contributed by atoms with Gasteiger partial charge in [0.05, 0.1) is 18.2 Å². The number of carbonyl (C=O) groups is 1. The topological polar surface area (TPSA) is 64.3 Å². The van der Waals surface area contributed by atoms with Crippen molar-refractivity contribution in [3.05, 3.63) is 18.0 Å². The van der Waals surface area contributed by atoms with Crippen LogP contribution in [-0.2, 0) is 9.53 Å². The highest BCUT2D eigenvalue weighted by Crippen LogP contribution is 2.33. The molecule has 17 heavy (non-hydrogen) atoms. The zero-order valence-corrected chi connectivity index (χ0v) is 10.2. The van der Waals surface area contributed by atoms with Crippen LogP contribution in [0, 0.1) is 5.92 Å². The molecular formula is C12H18N2O3. The Morgan fingerprint density at radius 2 is 2.41 bits per heavy atom. The monoisotopic (exact) mass is 238 g/mol. The number of nitrogens with zero attached hydrogens (tertiary/aromatic N) is 2. The molecule has 0 radical (unpaired) electrons. The predicted octanol–water partition coefficient (Wildman–Crippen LogP) is 2.02. The predicted molar refractivity (Wildman–Crippen MR) is 61.7 cm³/mol. The zero-order chi connectivity index (χ0) is 12.4. The van der Waals surface area contributed by atoms with Crippen LogP contribution in [-0.4, -0.2) is 27.5 Å². The van der Waals surface area contributed by atoms with E-state index in [0.717, 1.165) is 12.0 Å². The van der Waals surface area contributed by atoms with E-state index < -0.39 is 11.9 Å². The molecule has 1 fully saturated rings. The largest absolute Gasteiger partial charge is 0.481 e. The number of aromatic nitrogens is 2. The molecule has 0 spiro atoms. The minimum absolute atomic E-state index is 0.274. The average Bonchev–Trinajstić information content (AvgIpc) is 2.78. The van der Waals surface area contributed by atoms with Gasteiger partial charge in [0.1, 0.15) is 0 Å². The summed E-state index contributed by atoms with van der Waals surface area (Å²) >= 11 is 0. The molecule has 5 nitrogen and oxygen atoms in total. The molecule has 1 aliphatic rings. The van der Waals surface area contributed by atoms with Gasteiger partial charge >= 0.3 is 5.97 Å². The number of hydrogen-bond acceptors (Lipinski definition) is 3. The minimum Gasteiger partial charge on any atom is -0.481 e. The third kappa shape index (κ3) is 2.49. The summed E-state index contributed by atoms with van der Waals surface area (Å²) in [6.45, 7) is 4.70. The summed E-state index contributed by atoms with van der Waals surface area (Å²) < 4.78 is 7.42. The van der Waals surface area contributed by atoms with E-state index in [0.29, 0.717) is 13.0 Å². The van der Waals surface area contributed by atoms with Crippen molar-refractivity contribution in [2.45, 2.75) is 38.8 Å². The molecule has 1 aromatic heterocycles. The molecular weight excluding hydrogens is 220 g/mol. The van der Waals surface area contributed by atoms with Gasteiger partial charge in [-0.3, -0.25) is 9.48 Å². The Kier molecular flexibility index (Phi) is 3.47. The highest BCUT2D eigenvalue weighted by molar-refractivity contribution is 5.71. The van der Waals surface area contributed by atoms with Crippen molar-refractivity contribution in [3.63, 3.8) is 0 Å². The quantitative estimate of drug-likeness (QED) is 0.875. The summed E-state index contributed by atoms with van der Waals surface area (Å²) in [5, 5.41) is 13.4. The number of carboxylic acid groups (broad SMARTS) is 1. The molecule has 2 heterocycles.